The molecular weight excluding hydrogens is 272 g/mol. The largest absolute Gasteiger partial charge is 0.478 e. The summed E-state index contributed by atoms with van der Waals surface area (Å²) in [5, 5.41) is 18.5. The van der Waals surface area contributed by atoms with Crippen LogP contribution in [0, 0.1) is 0 Å². The van der Waals surface area contributed by atoms with Crippen molar-refractivity contribution in [1.29, 1.82) is 0 Å². The van der Waals surface area contributed by atoms with Crippen LogP contribution in [0.25, 0.3) is 0 Å². The van der Waals surface area contributed by atoms with E-state index in [0.717, 1.165) is 11.3 Å². The Balaban J connectivity index is 1.78. The van der Waals surface area contributed by atoms with Gasteiger partial charge in [0.05, 0.1) is 11.7 Å². The average molecular weight is 290 g/mol. The highest BCUT2D eigenvalue weighted by molar-refractivity contribution is 5.96. The first-order valence-corrected chi connectivity index (χ1v) is 7.17. The zero-order valence-electron chi connectivity index (χ0n) is 11.7. The Morgan fingerprint density at radius 1 is 1.14 bits per heavy atom. The Labute approximate surface area is 122 Å². The number of benzene rings is 1. The summed E-state index contributed by atoms with van der Waals surface area (Å²) in [5.41, 5.74) is 1.96. The van der Waals surface area contributed by atoms with Crippen LogP contribution >= 0.6 is 0 Å². The summed E-state index contributed by atoms with van der Waals surface area (Å²) in [5.74, 6) is -0.951. The van der Waals surface area contributed by atoms with Gasteiger partial charge in [-0.1, -0.05) is 0 Å². The lowest BCUT2D eigenvalue weighted by Gasteiger charge is -2.33. The van der Waals surface area contributed by atoms with Crippen LogP contribution in [0.2, 0.25) is 0 Å². The van der Waals surface area contributed by atoms with Crippen molar-refractivity contribution < 1.29 is 19.8 Å². The van der Waals surface area contributed by atoms with Gasteiger partial charge in [-0.3, -0.25) is 4.90 Å². The predicted octanol–water partition coefficient (Wildman–Crippen LogP) is 1.32. The second kappa shape index (κ2) is 5.37. The number of piperidine rings is 1. The molecule has 2 amide bonds. The van der Waals surface area contributed by atoms with E-state index in [4.69, 9.17) is 5.11 Å². The molecule has 0 aromatic heterocycles. The quantitative estimate of drug-likeness (QED) is 0.817. The minimum atomic E-state index is -0.951. The number of nitrogens with zero attached hydrogens (tertiary/aromatic N) is 2. The normalized spacial score (nSPS) is 18.7. The number of anilines is 1. The van der Waals surface area contributed by atoms with E-state index >= 15 is 0 Å². The maximum absolute atomic E-state index is 12.5. The molecule has 2 N–H and O–H groups in total. The first-order valence-electron chi connectivity index (χ1n) is 7.17. The molecule has 3 rings (SSSR count). The third-order valence-corrected chi connectivity index (χ3v) is 4.19. The number of likely N-dealkylation sites (tertiary alicyclic amines) is 1. The zero-order chi connectivity index (χ0) is 15.0. The molecule has 6 heteroatoms. The molecule has 0 spiro atoms. The molecule has 0 saturated carbocycles. The second-order valence-corrected chi connectivity index (χ2v) is 5.55. The van der Waals surface area contributed by atoms with Crippen molar-refractivity contribution in [2.75, 3.05) is 24.5 Å². The Hall–Kier alpha value is -2.08. The highest BCUT2D eigenvalue weighted by Gasteiger charge is 2.30. The summed E-state index contributed by atoms with van der Waals surface area (Å²) in [6.07, 6.45) is 1.60. The van der Waals surface area contributed by atoms with E-state index in [-0.39, 0.29) is 17.7 Å². The van der Waals surface area contributed by atoms with Gasteiger partial charge in [0, 0.05) is 25.3 Å². The van der Waals surface area contributed by atoms with Crippen molar-refractivity contribution >= 4 is 17.7 Å². The van der Waals surface area contributed by atoms with Gasteiger partial charge in [-0.15, -0.1) is 0 Å². The number of hydrogen-bond acceptors (Lipinski definition) is 3. The number of carboxylic acid groups (broad SMARTS) is 1. The lowest BCUT2D eigenvalue weighted by atomic mass is 10.1. The third kappa shape index (κ3) is 2.58. The average Bonchev–Trinajstić information content (AvgIpc) is 2.90. The SMILES string of the molecule is O=C(O)c1ccc2c(c1)CCN2C(=O)N1CCC(O)CC1. The maximum atomic E-state index is 12.5. The summed E-state index contributed by atoms with van der Waals surface area (Å²) in [4.78, 5) is 27.0. The fraction of sp³-hybridized carbons (Fsp3) is 0.467. The van der Waals surface area contributed by atoms with Crippen LogP contribution in [0.15, 0.2) is 18.2 Å². The maximum Gasteiger partial charge on any atom is 0.335 e. The summed E-state index contributed by atoms with van der Waals surface area (Å²) < 4.78 is 0. The number of aromatic carboxylic acids is 1. The van der Waals surface area contributed by atoms with Gasteiger partial charge < -0.3 is 15.1 Å². The fourth-order valence-electron chi connectivity index (χ4n) is 2.96. The summed E-state index contributed by atoms with van der Waals surface area (Å²) in [6.45, 7) is 1.72. The molecule has 2 aliphatic rings. The number of hydrogen-bond donors (Lipinski definition) is 2. The monoisotopic (exact) mass is 290 g/mol. The highest BCUT2D eigenvalue weighted by atomic mass is 16.4. The number of aliphatic hydroxyl groups excluding tert-OH is 1. The molecule has 2 aliphatic heterocycles. The number of urea groups is 1. The Morgan fingerprint density at radius 2 is 1.86 bits per heavy atom. The number of carbonyl (C=O) groups excluding carboxylic acids is 1. The molecule has 1 fully saturated rings. The number of carboxylic acids is 1. The minimum Gasteiger partial charge on any atom is -0.478 e. The number of amides is 2. The van der Waals surface area contributed by atoms with Crippen molar-refractivity contribution in [2.24, 2.45) is 0 Å². The van der Waals surface area contributed by atoms with Gasteiger partial charge in [0.15, 0.2) is 0 Å². The van der Waals surface area contributed by atoms with E-state index in [1.807, 2.05) is 0 Å². The van der Waals surface area contributed by atoms with Gasteiger partial charge in [0.2, 0.25) is 0 Å². The molecule has 1 aromatic rings. The van der Waals surface area contributed by atoms with Crippen molar-refractivity contribution in [3.8, 4) is 0 Å². The van der Waals surface area contributed by atoms with E-state index in [0.29, 0.717) is 38.9 Å². The van der Waals surface area contributed by atoms with Gasteiger partial charge >= 0.3 is 12.0 Å². The molecule has 0 bridgehead atoms. The van der Waals surface area contributed by atoms with E-state index in [1.54, 1.807) is 21.9 Å². The molecule has 6 nitrogen and oxygen atoms in total. The van der Waals surface area contributed by atoms with Crippen molar-refractivity contribution in [2.45, 2.75) is 25.4 Å². The van der Waals surface area contributed by atoms with Crippen LogP contribution < -0.4 is 4.90 Å². The molecule has 0 unspecified atom stereocenters. The number of aliphatic hydroxyl groups is 1. The van der Waals surface area contributed by atoms with Crippen LogP contribution in [0.4, 0.5) is 10.5 Å². The molecule has 0 atom stereocenters. The van der Waals surface area contributed by atoms with E-state index < -0.39 is 5.97 Å². The van der Waals surface area contributed by atoms with Crippen molar-refractivity contribution in [1.82, 2.24) is 4.90 Å². The van der Waals surface area contributed by atoms with Crippen LogP contribution in [-0.2, 0) is 6.42 Å². The predicted molar refractivity (Wildman–Crippen MR) is 76.7 cm³/mol. The summed E-state index contributed by atoms with van der Waals surface area (Å²) >= 11 is 0. The molecule has 0 radical (unpaired) electrons. The minimum absolute atomic E-state index is 0.0521. The van der Waals surface area contributed by atoms with Crippen LogP contribution in [0.5, 0.6) is 0 Å². The number of rotatable bonds is 1. The Bertz CT molecular complexity index is 579. The van der Waals surface area contributed by atoms with Crippen molar-refractivity contribution in [3.05, 3.63) is 29.3 Å². The van der Waals surface area contributed by atoms with Gasteiger partial charge in [0.25, 0.3) is 0 Å². The summed E-state index contributed by atoms with van der Waals surface area (Å²) in [7, 11) is 0. The summed E-state index contributed by atoms with van der Waals surface area (Å²) in [6, 6.07) is 4.84. The Morgan fingerprint density at radius 3 is 2.52 bits per heavy atom. The first-order chi connectivity index (χ1) is 10.1. The molecule has 2 heterocycles. The molecule has 1 aromatic carbocycles. The lowest BCUT2D eigenvalue weighted by molar-refractivity contribution is 0.0696. The van der Waals surface area contributed by atoms with Crippen LogP contribution in [-0.4, -0.2) is 52.9 Å². The van der Waals surface area contributed by atoms with Crippen LogP contribution in [0.3, 0.4) is 0 Å². The van der Waals surface area contributed by atoms with Gasteiger partial charge in [0.1, 0.15) is 0 Å². The smallest absolute Gasteiger partial charge is 0.335 e. The van der Waals surface area contributed by atoms with Gasteiger partial charge in [-0.2, -0.15) is 0 Å². The van der Waals surface area contributed by atoms with E-state index in [1.165, 1.54) is 6.07 Å². The third-order valence-electron chi connectivity index (χ3n) is 4.19. The Kier molecular flexibility index (Phi) is 3.55. The number of carbonyl (C=O) groups is 2. The fourth-order valence-corrected chi connectivity index (χ4v) is 2.96. The molecule has 112 valence electrons. The van der Waals surface area contributed by atoms with Gasteiger partial charge in [-0.05, 0) is 43.0 Å². The highest BCUT2D eigenvalue weighted by Crippen LogP contribution is 2.30. The van der Waals surface area contributed by atoms with Crippen molar-refractivity contribution in [3.63, 3.8) is 0 Å². The van der Waals surface area contributed by atoms with E-state index in [9.17, 15) is 14.7 Å². The molecule has 0 aliphatic carbocycles. The zero-order valence-corrected chi connectivity index (χ0v) is 11.7. The topological polar surface area (TPSA) is 81.1 Å². The first kappa shape index (κ1) is 13.9. The lowest BCUT2D eigenvalue weighted by Crippen LogP contribution is -2.47. The van der Waals surface area contributed by atoms with E-state index in [2.05, 4.69) is 0 Å². The second-order valence-electron chi connectivity index (χ2n) is 5.55. The van der Waals surface area contributed by atoms with Crippen LogP contribution in [0.1, 0.15) is 28.8 Å². The van der Waals surface area contributed by atoms with Gasteiger partial charge in [-0.25, -0.2) is 9.59 Å². The molecular formula is C15H18N2O4. The molecule has 1 saturated heterocycles. The number of fused-ring (bicyclic) bond motifs is 1. The standard InChI is InChI=1S/C15H18N2O4/c18-12-4-6-16(7-5-12)15(21)17-8-3-10-9-11(14(19)20)1-2-13(10)17/h1-2,9,12,18H,3-8H2,(H,19,20). The molecule has 21 heavy (non-hydrogen) atoms.